The Balaban J connectivity index is 1.64. The van der Waals surface area contributed by atoms with Crippen LogP contribution in [0.2, 0.25) is 0 Å². The van der Waals surface area contributed by atoms with Crippen molar-refractivity contribution in [3.63, 3.8) is 0 Å². The predicted octanol–water partition coefficient (Wildman–Crippen LogP) is 5.40. The average molecular weight is 374 g/mol. The average Bonchev–Trinajstić information content (AvgIpc) is 3.11. The fourth-order valence-corrected chi connectivity index (χ4v) is 4.07. The molecule has 2 atom stereocenters. The van der Waals surface area contributed by atoms with Gasteiger partial charge < -0.3 is 4.74 Å². The summed E-state index contributed by atoms with van der Waals surface area (Å²) in [6.07, 6.45) is 8.05. The van der Waals surface area contributed by atoms with Crippen molar-refractivity contribution in [1.29, 1.82) is 0 Å². The van der Waals surface area contributed by atoms with Gasteiger partial charge in [-0.15, -0.1) is 0 Å². The van der Waals surface area contributed by atoms with E-state index in [-0.39, 0.29) is 11.5 Å². The van der Waals surface area contributed by atoms with Crippen LogP contribution in [0, 0.1) is 5.41 Å². The molecule has 1 aromatic carbocycles. The Morgan fingerprint density at radius 1 is 1.14 bits per heavy atom. The Hall–Kier alpha value is -2.72. The number of nitrogens with zero attached hydrogens (tertiary/aromatic N) is 3. The van der Waals surface area contributed by atoms with Gasteiger partial charge in [-0.05, 0) is 61.4 Å². The van der Waals surface area contributed by atoms with E-state index < -0.39 is 0 Å². The molecule has 144 valence electrons. The van der Waals surface area contributed by atoms with Gasteiger partial charge in [-0.3, -0.25) is 0 Å². The van der Waals surface area contributed by atoms with Crippen LogP contribution in [0.15, 0.2) is 66.5 Å². The lowest BCUT2D eigenvalue weighted by Crippen LogP contribution is -2.28. The van der Waals surface area contributed by atoms with Crippen molar-refractivity contribution in [2.45, 2.75) is 39.7 Å². The van der Waals surface area contributed by atoms with Crippen LogP contribution in [0.4, 0.5) is 0 Å². The van der Waals surface area contributed by atoms with Crippen molar-refractivity contribution in [2.75, 3.05) is 6.61 Å². The maximum absolute atomic E-state index is 6.15. The summed E-state index contributed by atoms with van der Waals surface area (Å²) >= 11 is 0. The molecule has 0 aliphatic heterocycles. The van der Waals surface area contributed by atoms with Crippen LogP contribution in [0.25, 0.3) is 11.9 Å². The third-order valence-corrected chi connectivity index (χ3v) is 5.81. The molecular weight excluding hydrogens is 346 g/mol. The first-order valence-electron chi connectivity index (χ1n) is 9.94. The second-order valence-corrected chi connectivity index (χ2v) is 7.78. The number of aromatic nitrogens is 3. The molecule has 0 radical (unpaired) electrons. The van der Waals surface area contributed by atoms with E-state index in [2.05, 4.69) is 67.3 Å². The molecule has 4 heteroatoms. The molecule has 0 bridgehead atoms. The van der Waals surface area contributed by atoms with Crippen molar-refractivity contribution in [3.8, 4) is 5.82 Å². The molecule has 0 fully saturated rings. The number of hydrogen-bond acceptors (Lipinski definition) is 3. The minimum Gasteiger partial charge on any atom is -0.374 e. The van der Waals surface area contributed by atoms with Crippen LogP contribution in [0.5, 0.6) is 0 Å². The van der Waals surface area contributed by atoms with E-state index >= 15 is 0 Å². The van der Waals surface area contributed by atoms with Gasteiger partial charge in [-0.25, -0.2) is 9.67 Å². The van der Waals surface area contributed by atoms with E-state index in [1.807, 2.05) is 29.1 Å². The molecule has 2 unspecified atom stereocenters. The van der Waals surface area contributed by atoms with Gasteiger partial charge in [0.05, 0.1) is 18.0 Å². The molecule has 4 nitrogen and oxygen atoms in total. The van der Waals surface area contributed by atoms with Crippen molar-refractivity contribution < 1.29 is 4.74 Å². The van der Waals surface area contributed by atoms with E-state index in [0.29, 0.717) is 6.61 Å². The summed E-state index contributed by atoms with van der Waals surface area (Å²) in [4.78, 5) is 4.45. The summed E-state index contributed by atoms with van der Waals surface area (Å²) < 4.78 is 8.09. The van der Waals surface area contributed by atoms with Crippen molar-refractivity contribution >= 4 is 6.08 Å². The molecule has 2 aromatic heterocycles. The normalized spacial score (nSPS) is 19.8. The molecule has 0 saturated carbocycles. The molecule has 0 N–H and O–H groups in total. The van der Waals surface area contributed by atoms with Crippen LogP contribution < -0.4 is 0 Å². The Morgan fingerprint density at radius 3 is 2.64 bits per heavy atom. The van der Waals surface area contributed by atoms with Crippen molar-refractivity contribution in [1.82, 2.24) is 14.8 Å². The Morgan fingerprint density at radius 2 is 1.93 bits per heavy atom. The van der Waals surface area contributed by atoms with Gasteiger partial charge in [-0.2, -0.15) is 5.10 Å². The molecule has 2 heterocycles. The third-order valence-electron chi connectivity index (χ3n) is 5.81. The van der Waals surface area contributed by atoms with E-state index in [9.17, 15) is 0 Å². The molecule has 0 spiro atoms. The topological polar surface area (TPSA) is 39.9 Å². The molecule has 1 aliphatic carbocycles. The SMILES string of the molecule is CCOC(CC1(C)Cc2cnn(-c3ccccn3)c2C=C1C)c1ccccc1. The second kappa shape index (κ2) is 7.72. The van der Waals surface area contributed by atoms with Crippen molar-refractivity contribution in [3.05, 3.63) is 83.3 Å². The van der Waals surface area contributed by atoms with Crippen LogP contribution in [-0.4, -0.2) is 21.4 Å². The number of rotatable bonds is 6. The summed E-state index contributed by atoms with van der Waals surface area (Å²) in [7, 11) is 0. The minimum atomic E-state index is 0.0284. The number of allylic oxidation sites excluding steroid dienone is 1. The number of ether oxygens (including phenoxy) is 1. The van der Waals surface area contributed by atoms with Gasteiger partial charge in [0, 0.05) is 12.8 Å². The van der Waals surface area contributed by atoms with Crippen LogP contribution in [0.3, 0.4) is 0 Å². The Labute approximate surface area is 166 Å². The zero-order valence-electron chi connectivity index (χ0n) is 16.8. The van der Waals surface area contributed by atoms with E-state index in [4.69, 9.17) is 4.74 Å². The lowest BCUT2D eigenvalue weighted by molar-refractivity contribution is 0.0324. The highest BCUT2D eigenvalue weighted by molar-refractivity contribution is 5.59. The molecule has 1 aliphatic rings. The monoisotopic (exact) mass is 373 g/mol. The zero-order valence-corrected chi connectivity index (χ0v) is 16.8. The van der Waals surface area contributed by atoms with Crippen LogP contribution in [-0.2, 0) is 11.2 Å². The van der Waals surface area contributed by atoms with E-state index in [1.165, 1.54) is 16.7 Å². The van der Waals surface area contributed by atoms with Gasteiger partial charge in [-0.1, -0.05) is 48.9 Å². The molecule has 3 aromatic rings. The molecule has 0 amide bonds. The van der Waals surface area contributed by atoms with Gasteiger partial charge >= 0.3 is 0 Å². The Kier molecular flexibility index (Phi) is 5.14. The zero-order chi connectivity index (χ0) is 19.6. The first kappa shape index (κ1) is 18.6. The smallest absolute Gasteiger partial charge is 0.153 e. The summed E-state index contributed by atoms with van der Waals surface area (Å²) in [5.74, 6) is 0.855. The number of hydrogen-bond donors (Lipinski definition) is 0. The molecule has 28 heavy (non-hydrogen) atoms. The molecular formula is C24H27N3O. The van der Waals surface area contributed by atoms with E-state index in [0.717, 1.165) is 24.4 Å². The highest BCUT2D eigenvalue weighted by Gasteiger charge is 2.35. The first-order chi connectivity index (χ1) is 13.6. The van der Waals surface area contributed by atoms with Crippen LogP contribution in [0.1, 0.15) is 50.1 Å². The standard InChI is InChI=1S/C24H27N3O/c1-4-28-22(19-10-6-5-7-11-19)16-24(3)15-20-17-26-27(21(20)14-18(24)2)23-12-8-9-13-25-23/h5-14,17,22H,4,15-16H2,1-3H3. The first-order valence-corrected chi connectivity index (χ1v) is 9.94. The molecule has 4 rings (SSSR count). The number of pyridine rings is 1. The third kappa shape index (κ3) is 3.52. The number of fused-ring (bicyclic) bond motifs is 1. The molecule has 0 saturated heterocycles. The summed E-state index contributed by atoms with van der Waals surface area (Å²) in [5, 5.41) is 4.62. The van der Waals surface area contributed by atoms with Gasteiger partial charge in [0.1, 0.15) is 0 Å². The largest absolute Gasteiger partial charge is 0.374 e. The van der Waals surface area contributed by atoms with Crippen molar-refractivity contribution in [2.24, 2.45) is 5.41 Å². The highest BCUT2D eigenvalue weighted by atomic mass is 16.5. The quantitative estimate of drug-likeness (QED) is 0.581. The second-order valence-electron chi connectivity index (χ2n) is 7.78. The minimum absolute atomic E-state index is 0.0284. The van der Waals surface area contributed by atoms with Gasteiger partial charge in [0.2, 0.25) is 0 Å². The Bertz CT molecular complexity index is 962. The summed E-state index contributed by atoms with van der Waals surface area (Å²) in [6, 6.07) is 16.5. The summed E-state index contributed by atoms with van der Waals surface area (Å²) in [5.41, 5.74) is 5.04. The van der Waals surface area contributed by atoms with E-state index in [1.54, 1.807) is 6.20 Å². The highest BCUT2D eigenvalue weighted by Crippen LogP contribution is 2.45. The van der Waals surface area contributed by atoms with Gasteiger partial charge in [0.15, 0.2) is 5.82 Å². The lowest BCUT2D eigenvalue weighted by Gasteiger charge is -2.37. The fraction of sp³-hybridized carbons (Fsp3) is 0.333. The lowest BCUT2D eigenvalue weighted by atomic mass is 9.70. The van der Waals surface area contributed by atoms with Gasteiger partial charge in [0.25, 0.3) is 0 Å². The maximum Gasteiger partial charge on any atom is 0.153 e. The predicted molar refractivity (Wildman–Crippen MR) is 112 cm³/mol. The van der Waals surface area contributed by atoms with Crippen LogP contribution >= 0.6 is 0 Å². The maximum atomic E-state index is 6.15. The summed E-state index contributed by atoms with van der Waals surface area (Å²) in [6.45, 7) is 7.35. The fourth-order valence-electron chi connectivity index (χ4n) is 4.07. The number of benzene rings is 1.